The highest BCUT2D eigenvalue weighted by atomic mass is 16.8. The lowest BCUT2D eigenvalue weighted by molar-refractivity contribution is -0.187. The van der Waals surface area contributed by atoms with Crippen LogP contribution in [0.15, 0.2) is 66.7 Å². The first kappa shape index (κ1) is 18.4. The highest BCUT2D eigenvalue weighted by molar-refractivity contribution is 5.49. The third-order valence-corrected chi connectivity index (χ3v) is 4.86. The van der Waals surface area contributed by atoms with Crippen molar-refractivity contribution in [2.24, 2.45) is 0 Å². The van der Waals surface area contributed by atoms with Gasteiger partial charge in [0.1, 0.15) is 24.4 Å². The number of benzene rings is 2. The molecule has 0 N–H and O–H groups in total. The quantitative estimate of drug-likeness (QED) is 0.768. The summed E-state index contributed by atoms with van der Waals surface area (Å²) >= 11 is 0. The lowest BCUT2D eigenvalue weighted by Crippen LogP contribution is -2.32. The van der Waals surface area contributed by atoms with Crippen molar-refractivity contribution < 1.29 is 18.9 Å². The monoisotopic (exact) mass is 366 g/mol. The van der Waals surface area contributed by atoms with Gasteiger partial charge in [0.05, 0.1) is 13.2 Å². The minimum absolute atomic E-state index is 0.120. The molecule has 2 heterocycles. The van der Waals surface area contributed by atoms with Gasteiger partial charge in [-0.25, -0.2) is 0 Å². The van der Waals surface area contributed by atoms with Crippen molar-refractivity contribution >= 4 is 6.08 Å². The molecule has 4 nitrogen and oxygen atoms in total. The molecule has 0 aromatic heterocycles. The SMILES string of the molecule is CC1(C)O[C@@H]2[C@H](O1)[C@@H](COCc1ccccc1)O[C@@H]2/C=C/c1ccccc1. The molecule has 0 amide bonds. The van der Waals surface area contributed by atoms with E-state index in [1.807, 2.05) is 50.2 Å². The van der Waals surface area contributed by atoms with Crippen molar-refractivity contribution in [1.82, 2.24) is 0 Å². The Hall–Kier alpha value is -1.98. The zero-order valence-electron chi connectivity index (χ0n) is 15.8. The number of hydrogen-bond acceptors (Lipinski definition) is 4. The first-order valence-corrected chi connectivity index (χ1v) is 9.47. The maximum absolute atomic E-state index is 6.22. The summed E-state index contributed by atoms with van der Waals surface area (Å²) in [5.41, 5.74) is 2.29. The van der Waals surface area contributed by atoms with Crippen LogP contribution in [-0.2, 0) is 25.6 Å². The molecule has 0 saturated carbocycles. The molecule has 2 aliphatic heterocycles. The second-order valence-corrected chi connectivity index (χ2v) is 7.47. The van der Waals surface area contributed by atoms with Crippen LogP contribution >= 0.6 is 0 Å². The van der Waals surface area contributed by atoms with Crippen LogP contribution in [0.2, 0.25) is 0 Å². The average Bonchev–Trinajstić information content (AvgIpc) is 3.15. The van der Waals surface area contributed by atoms with Crippen LogP contribution in [0.4, 0.5) is 0 Å². The van der Waals surface area contributed by atoms with Gasteiger partial charge < -0.3 is 18.9 Å². The molecule has 2 aromatic carbocycles. The largest absolute Gasteiger partial charge is 0.374 e. The topological polar surface area (TPSA) is 36.9 Å². The predicted octanol–water partition coefficient (Wildman–Crippen LogP) is 4.20. The fraction of sp³-hybridized carbons (Fsp3) is 0.391. The molecule has 2 aliphatic rings. The summed E-state index contributed by atoms with van der Waals surface area (Å²) < 4.78 is 24.3. The van der Waals surface area contributed by atoms with Crippen LogP contribution in [0.5, 0.6) is 0 Å². The molecule has 0 unspecified atom stereocenters. The summed E-state index contributed by atoms with van der Waals surface area (Å²) in [4.78, 5) is 0. The molecule has 0 aliphatic carbocycles. The minimum Gasteiger partial charge on any atom is -0.374 e. The van der Waals surface area contributed by atoms with Gasteiger partial charge in [-0.15, -0.1) is 0 Å². The molecule has 4 atom stereocenters. The Morgan fingerprint density at radius 2 is 1.59 bits per heavy atom. The standard InChI is InChI=1S/C23H26O4/c1-23(2)26-21-19(14-13-17-9-5-3-6-10-17)25-20(22(21)27-23)16-24-15-18-11-7-4-8-12-18/h3-14,19-22H,15-16H2,1-2H3/b14-13+/t19-,20-,21+,22-/m1/s1. The maximum Gasteiger partial charge on any atom is 0.164 e. The van der Waals surface area contributed by atoms with Crippen molar-refractivity contribution in [2.45, 2.75) is 50.7 Å². The van der Waals surface area contributed by atoms with E-state index in [9.17, 15) is 0 Å². The fourth-order valence-electron chi connectivity index (χ4n) is 3.64. The molecule has 4 rings (SSSR count). The van der Waals surface area contributed by atoms with E-state index in [1.54, 1.807) is 0 Å². The first-order valence-electron chi connectivity index (χ1n) is 9.47. The molecule has 142 valence electrons. The van der Waals surface area contributed by atoms with Gasteiger partial charge >= 0.3 is 0 Å². The van der Waals surface area contributed by atoms with E-state index < -0.39 is 5.79 Å². The highest BCUT2D eigenvalue weighted by Crippen LogP contribution is 2.39. The maximum atomic E-state index is 6.22. The van der Waals surface area contributed by atoms with Crippen molar-refractivity contribution in [3.8, 4) is 0 Å². The van der Waals surface area contributed by atoms with Gasteiger partial charge in [-0.3, -0.25) is 0 Å². The smallest absolute Gasteiger partial charge is 0.164 e. The lowest BCUT2D eigenvalue weighted by atomic mass is 10.1. The van der Waals surface area contributed by atoms with Gasteiger partial charge in [0.15, 0.2) is 5.79 Å². The van der Waals surface area contributed by atoms with E-state index in [0.717, 1.165) is 11.1 Å². The van der Waals surface area contributed by atoms with Crippen LogP contribution in [0.25, 0.3) is 6.08 Å². The highest BCUT2D eigenvalue weighted by Gasteiger charge is 2.54. The normalized spacial score (nSPS) is 29.3. The zero-order valence-corrected chi connectivity index (χ0v) is 15.8. The molecule has 0 bridgehead atoms. The lowest BCUT2D eigenvalue weighted by Gasteiger charge is -2.23. The first-order chi connectivity index (χ1) is 13.1. The molecule has 27 heavy (non-hydrogen) atoms. The Labute approximate surface area is 160 Å². The minimum atomic E-state index is -0.602. The van der Waals surface area contributed by atoms with Gasteiger partial charge in [-0.2, -0.15) is 0 Å². The van der Waals surface area contributed by atoms with Gasteiger partial charge in [0.2, 0.25) is 0 Å². The molecular formula is C23H26O4. The third kappa shape index (κ3) is 4.47. The van der Waals surface area contributed by atoms with E-state index >= 15 is 0 Å². The molecule has 2 aromatic rings. The summed E-state index contributed by atoms with van der Waals surface area (Å²) in [5.74, 6) is -0.602. The summed E-state index contributed by atoms with van der Waals surface area (Å²) in [6, 6.07) is 20.3. The second-order valence-electron chi connectivity index (χ2n) is 7.47. The van der Waals surface area contributed by atoms with E-state index in [4.69, 9.17) is 18.9 Å². The van der Waals surface area contributed by atoms with Crippen molar-refractivity contribution in [3.05, 3.63) is 77.9 Å². The van der Waals surface area contributed by atoms with Crippen molar-refractivity contribution in [1.29, 1.82) is 0 Å². The van der Waals surface area contributed by atoms with Crippen LogP contribution in [0, 0.1) is 0 Å². The molecule has 0 spiro atoms. The Balaban J connectivity index is 1.41. The number of hydrogen-bond donors (Lipinski definition) is 0. The summed E-state index contributed by atoms with van der Waals surface area (Å²) in [6.07, 6.45) is 3.60. The Morgan fingerprint density at radius 1 is 0.926 bits per heavy atom. The zero-order chi connectivity index (χ0) is 18.7. The Bertz CT molecular complexity index is 756. The molecule has 2 fully saturated rings. The second kappa shape index (κ2) is 7.95. The summed E-state index contributed by atoms with van der Waals surface area (Å²) in [5, 5.41) is 0. The van der Waals surface area contributed by atoms with Crippen LogP contribution < -0.4 is 0 Å². The van der Waals surface area contributed by atoms with Crippen molar-refractivity contribution in [3.63, 3.8) is 0 Å². The summed E-state index contributed by atoms with van der Waals surface area (Å²) in [7, 11) is 0. The molecule has 0 radical (unpaired) electrons. The van der Waals surface area contributed by atoms with Gasteiger partial charge in [-0.05, 0) is 25.0 Å². The average molecular weight is 366 g/mol. The number of ether oxygens (including phenoxy) is 4. The Morgan fingerprint density at radius 3 is 2.33 bits per heavy atom. The summed E-state index contributed by atoms with van der Waals surface area (Å²) in [6.45, 7) is 4.94. The van der Waals surface area contributed by atoms with Crippen molar-refractivity contribution in [2.75, 3.05) is 6.61 Å². The van der Waals surface area contributed by atoms with Crippen LogP contribution in [0.1, 0.15) is 25.0 Å². The van der Waals surface area contributed by atoms with E-state index in [2.05, 4.69) is 36.4 Å². The Kier molecular flexibility index (Phi) is 5.41. The van der Waals surface area contributed by atoms with Gasteiger partial charge in [0.25, 0.3) is 0 Å². The predicted molar refractivity (Wildman–Crippen MR) is 104 cm³/mol. The molecular weight excluding hydrogens is 340 g/mol. The van der Waals surface area contributed by atoms with Gasteiger partial charge in [-0.1, -0.05) is 72.8 Å². The van der Waals surface area contributed by atoms with Gasteiger partial charge in [0, 0.05) is 0 Å². The number of fused-ring (bicyclic) bond motifs is 1. The fourth-order valence-corrected chi connectivity index (χ4v) is 3.64. The van der Waals surface area contributed by atoms with Crippen LogP contribution in [-0.4, -0.2) is 36.8 Å². The molecule has 2 saturated heterocycles. The molecule has 4 heteroatoms. The van der Waals surface area contributed by atoms with Crippen LogP contribution in [0.3, 0.4) is 0 Å². The van der Waals surface area contributed by atoms with E-state index in [1.165, 1.54) is 0 Å². The third-order valence-electron chi connectivity index (χ3n) is 4.86. The number of rotatable bonds is 6. The van der Waals surface area contributed by atoms with E-state index in [-0.39, 0.29) is 24.4 Å². The van der Waals surface area contributed by atoms with E-state index in [0.29, 0.717) is 13.2 Å².